The van der Waals surface area contributed by atoms with E-state index in [9.17, 15) is 9.59 Å². The van der Waals surface area contributed by atoms with Crippen molar-refractivity contribution >= 4 is 40.7 Å². The number of carbonyl (C=O) groups is 2. The molecule has 3 aromatic carbocycles. The van der Waals surface area contributed by atoms with Crippen molar-refractivity contribution in [2.24, 2.45) is 0 Å². The number of aryl methyl sites for hydroxylation is 1. The summed E-state index contributed by atoms with van der Waals surface area (Å²) in [7, 11) is 0. The van der Waals surface area contributed by atoms with Crippen LogP contribution in [0.5, 0.6) is 0 Å². The number of aliphatic carboxylic acids is 1. The van der Waals surface area contributed by atoms with E-state index < -0.39 is 18.2 Å². The molecule has 178 valence electrons. The highest BCUT2D eigenvalue weighted by Gasteiger charge is 2.18. The van der Waals surface area contributed by atoms with E-state index in [1.54, 1.807) is 24.3 Å². The number of amides is 1. The highest BCUT2D eigenvalue weighted by molar-refractivity contribution is 7.11. The predicted octanol–water partition coefficient (Wildman–Crippen LogP) is 7.98. The Balaban J connectivity index is 1.48. The van der Waals surface area contributed by atoms with Crippen LogP contribution in [-0.2, 0) is 16.0 Å². The summed E-state index contributed by atoms with van der Waals surface area (Å²) in [6, 6.07) is 22.8. The SMILES string of the molecule is Cc1scc(-c2ccc(-c3ccc(CC(=O)O)cc3)cc2)c1NC(=O)OC(C)c1ccccc1Cl. The number of anilines is 1. The molecule has 4 rings (SSSR count). The molecule has 1 aromatic heterocycles. The van der Waals surface area contributed by atoms with Crippen LogP contribution in [0.15, 0.2) is 78.2 Å². The average molecular weight is 506 g/mol. The van der Waals surface area contributed by atoms with Gasteiger partial charge in [0.2, 0.25) is 0 Å². The van der Waals surface area contributed by atoms with Gasteiger partial charge in [-0.25, -0.2) is 4.79 Å². The number of rotatable bonds is 7. The minimum Gasteiger partial charge on any atom is -0.481 e. The Morgan fingerprint density at radius 1 is 0.971 bits per heavy atom. The monoisotopic (exact) mass is 505 g/mol. The first-order valence-electron chi connectivity index (χ1n) is 11.0. The van der Waals surface area contributed by atoms with Crippen molar-refractivity contribution in [1.29, 1.82) is 0 Å². The number of carboxylic acids is 1. The van der Waals surface area contributed by atoms with Crippen molar-refractivity contribution in [1.82, 2.24) is 0 Å². The van der Waals surface area contributed by atoms with Crippen molar-refractivity contribution in [2.75, 3.05) is 5.32 Å². The molecule has 7 heteroatoms. The average Bonchev–Trinajstić information content (AvgIpc) is 3.19. The van der Waals surface area contributed by atoms with Crippen LogP contribution in [0, 0.1) is 6.92 Å². The molecule has 0 spiro atoms. The normalized spacial score (nSPS) is 11.6. The molecule has 1 heterocycles. The number of halogens is 1. The van der Waals surface area contributed by atoms with Gasteiger partial charge in [-0.05, 0) is 42.2 Å². The maximum atomic E-state index is 12.7. The van der Waals surface area contributed by atoms with E-state index in [0.29, 0.717) is 5.02 Å². The zero-order valence-corrected chi connectivity index (χ0v) is 20.8. The third kappa shape index (κ3) is 5.91. The Hall–Kier alpha value is -3.61. The molecule has 1 amide bonds. The van der Waals surface area contributed by atoms with Crippen LogP contribution >= 0.6 is 22.9 Å². The highest BCUT2D eigenvalue weighted by atomic mass is 35.5. The van der Waals surface area contributed by atoms with E-state index >= 15 is 0 Å². The van der Waals surface area contributed by atoms with Crippen molar-refractivity contribution in [3.63, 3.8) is 0 Å². The Bertz CT molecular complexity index is 1350. The third-order valence-electron chi connectivity index (χ3n) is 5.67. The number of carbonyl (C=O) groups excluding carboxylic acids is 1. The van der Waals surface area contributed by atoms with E-state index in [1.807, 2.05) is 79.0 Å². The molecule has 0 aliphatic rings. The Morgan fingerprint density at radius 2 is 1.57 bits per heavy atom. The molecule has 5 nitrogen and oxygen atoms in total. The van der Waals surface area contributed by atoms with E-state index in [2.05, 4.69) is 5.32 Å². The summed E-state index contributed by atoms with van der Waals surface area (Å²) in [5.74, 6) is -0.847. The first-order valence-corrected chi connectivity index (χ1v) is 12.3. The Morgan fingerprint density at radius 3 is 2.20 bits per heavy atom. The quantitative estimate of drug-likeness (QED) is 0.267. The summed E-state index contributed by atoms with van der Waals surface area (Å²) in [6.07, 6.45) is -1.03. The molecule has 0 saturated heterocycles. The summed E-state index contributed by atoms with van der Waals surface area (Å²) >= 11 is 7.78. The molecule has 1 atom stereocenters. The Kier molecular flexibility index (Phi) is 7.54. The van der Waals surface area contributed by atoms with Gasteiger partial charge in [0.15, 0.2) is 0 Å². The van der Waals surface area contributed by atoms with Gasteiger partial charge in [0.1, 0.15) is 6.10 Å². The van der Waals surface area contributed by atoms with Crippen LogP contribution in [0.4, 0.5) is 10.5 Å². The van der Waals surface area contributed by atoms with E-state index in [4.69, 9.17) is 21.4 Å². The first-order chi connectivity index (χ1) is 16.8. The predicted molar refractivity (Wildman–Crippen MR) is 141 cm³/mol. The number of carboxylic acid groups (broad SMARTS) is 1. The largest absolute Gasteiger partial charge is 0.481 e. The van der Waals surface area contributed by atoms with Crippen LogP contribution in [-0.4, -0.2) is 17.2 Å². The second-order valence-electron chi connectivity index (χ2n) is 8.12. The van der Waals surface area contributed by atoms with Gasteiger partial charge in [0.05, 0.1) is 12.1 Å². The number of nitrogens with one attached hydrogen (secondary N) is 1. The molecule has 0 aliphatic carbocycles. The minimum atomic E-state index is -0.847. The fourth-order valence-electron chi connectivity index (χ4n) is 3.81. The van der Waals surface area contributed by atoms with Gasteiger partial charge >= 0.3 is 12.1 Å². The second-order valence-corrected chi connectivity index (χ2v) is 9.61. The minimum absolute atomic E-state index is 0.00605. The Labute approximate surface area is 213 Å². The number of hydrogen-bond acceptors (Lipinski definition) is 4. The van der Waals surface area contributed by atoms with Gasteiger partial charge in [-0.3, -0.25) is 10.1 Å². The number of thiophene rings is 1. The molecule has 4 aromatic rings. The van der Waals surface area contributed by atoms with E-state index in [-0.39, 0.29) is 6.42 Å². The summed E-state index contributed by atoms with van der Waals surface area (Å²) < 4.78 is 5.58. The van der Waals surface area contributed by atoms with Gasteiger partial charge < -0.3 is 9.84 Å². The summed E-state index contributed by atoms with van der Waals surface area (Å²) in [5.41, 5.74) is 6.13. The molecule has 35 heavy (non-hydrogen) atoms. The maximum absolute atomic E-state index is 12.7. The first kappa shape index (κ1) is 24.5. The molecular weight excluding hydrogens is 482 g/mol. The van der Waals surface area contributed by atoms with Gasteiger partial charge in [-0.1, -0.05) is 78.3 Å². The molecule has 1 unspecified atom stereocenters. The van der Waals surface area contributed by atoms with E-state index in [1.165, 1.54) is 0 Å². The molecule has 0 aliphatic heterocycles. The van der Waals surface area contributed by atoms with Crippen molar-refractivity contribution in [3.8, 4) is 22.3 Å². The lowest BCUT2D eigenvalue weighted by molar-refractivity contribution is -0.136. The van der Waals surface area contributed by atoms with Crippen molar-refractivity contribution in [2.45, 2.75) is 26.4 Å². The molecule has 0 bridgehead atoms. The van der Waals surface area contributed by atoms with Crippen LogP contribution in [0.1, 0.15) is 29.0 Å². The lowest BCUT2D eigenvalue weighted by atomic mass is 9.99. The number of benzene rings is 3. The van der Waals surface area contributed by atoms with Crippen molar-refractivity contribution < 1.29 is 19.4 Å². The number of ether oxygens (including phenoxy) is 1. The van der Waals surface area contributed by atoms with Crippen LogP contribution < -0.4 is 5.32 Å². The highest BCUT2D eigenvalue weighted by Crippen LogP contribution is 2.37. The second kappa shape index (κ2) is 10.8. The smallest absolute Gasteiger partial charge is 0.412 e. The van der Waals surface area contributed by atoms with Gasteiger partial charge in [0, 0.05) is 26.4 Å². The van der Waals surface area contributed by atoms with E-state index in [0.717, 1.165) is 43.9 Å². The third-order valence-corrected chi connectivity index (χ3v) is 6.92. The topological polar surface area (TPSA) is 75.6 Å². The maximum Gasteiger partial charge on any atom is 0.412 e. The summed E-state index contributed by atoms with van der Waals surface area (Å²) in [4.78, 5) is 24.5. The van der Waals surface area contributed by atoms with Gasteiger partial charge in [-0.15, -0.1) is 11.3 Å². The fraction of sp³-hybridized carbons (Fsp3) is 0.143. The standard InChI is InChI=1S/C28H24ClNO4S/c1-17(23-5-3-4-6-25(23)29)34-28(33)30-27-18(2)35-16-24(27)22-13-11-21(12-14-22)20-9-7-19(8-10-20)15-26(31)32/h3-14,16-17H,15H2,1-2H3,(H,30,33)(H,31,32). The molecule has 2 N–H and O–H groups in total. The van der Waals surface area contributed by atoms with Crippen LogP contribution in [0.25, 0.3) is 22.3 Å². The van der Waals surface area contributed by atoms with Crippen LogP contribution in [0.3, 0.4) is 0 Å². The van der Waals surface area contributed by atoms with Crippen LogP contribution in [0.2, 0.25) is 5.02 Å². The fourth-order valence-corrected chi connectivity index (χ4v) is 4.93. The molecule has 0 saturated carbocycles. The zero-order valence-electron chi connectivity index (χ0n) is 19.2. The molecule has 0 radical (unpaired) electrons. The lowest BCUT2D eigenvalue weighted by Gasteiger charge is -2.16. The molecular formula is C28H24ClNO4S. The number of hydrogen-bond donors (Lipinski definition) is 2. The zero-order chi connectivity index (χ0) is 24.9. The van der Waals surface area contributed by atoms with Gasteiger partial charge in [-0.2, -0.15) is 0 Å². The summed E-state index contributed by atoms with van der Waals surface area (Å²) in [5, 5.41) is 14.4. The molecule has 0 fully saturated rings. The summed E-state index contributed by atoms with van der Waals surface area (Å²) in [6.45, 7) is 3.74. The van der Waals surface area contributed by atoms with Crippen molar-refractivity contribution in [3.05, 3.63) is 99.2 Å². The van der Waals surface area contributed by atoms with Gasteiger partial charge in [0.25, 0.3) is 0 Å². The lowest BCUT2D eigenvalue weighted by Crippen LogP contribution is -2.16.